The average molecular weight is 775 g/mol. The Hall–Kier alpha value is -5.64. The van der Waals surface area contributed by atoms with Crippen LogP contribution in [0.15, 0.2) is 70.7 Å². The fourth-order valence-corrected chi connectivity index (χ4v) is 9.32. The Morgan fingerprint density at radius 2 is 1.54 bits per heavy atom. The van der Waals surface area contributed by atoms with E-state index in [1.165, 1.54) is 26.1 Å². The SMILES string of the molecule is COc1cc(Br)cc([C@H]2C3=CC[C@@H]4C(=O)N(c5cc([N+](=O)[O-])c(N(C)C)c([N+](=O)[O-])c5)C(=O)[C@@H]4[C@@H]3C[C@H]3C(=O)N(c4ccccc4)C(=O)[C@@]23C)c1O. The number of phenolic OH excluding ortho intramolecular Hbond substituents is 1. The van der Waals surface area contributed by atoms with Crippen LogP contribution in [0.4, 0.5) is 28.4 Å². The van der Waals surface area contributed by atoms with Crippen molar-refractivity contribution in [2.24, 2.45) is 29.1 Å². The van der Waals surface area contributed by atoms with Crippen molar-refractivity contribution in [3.05, 3.63) is 96.5 Å². The average Bonchev–Trinajstić information content (AvgIpc) is 3.48. The van der Waals surface area contributed by atoms with E-state index in [1.54, 1.807) is 55.5 Å². The summed E-state index contributed by atoms with van der Waals surface area (Å²) in [4.78, 5) is 83.4. The van der Waals surface area contributed by atoms with Gasteiger partial charge in [-0.05, 0) is 49.9 Å². The molecule has 52 heavy (non-hydrogen) atoms. The van der Waals surface area contributed by atoms with E-state index in [4.69, 9.17) is 4.74 Å². The summed E-state index contributed by atoms with van der Waals surface area (Å²) in [5.41, 5.74) is -2.16. The van der Waals surface area contributed by atoms with Crippen molar-refractivity contribution in [2.75, 3.05) is 35.9 Å². The van der Waals surface area contributed by atoms with Gasteiger partial charge in [0.2, 0.25) is 23.6 Å². The first-order chi connectivity index (χ1) is 24.6. The number of halogens is 1. The first-order valence-corrected chi connectivity index (χ1v) is 17.1. The van der Waals surface area contributed by atoms with Gasteiger partial charge in [-0.2, -0.15) is 0 Å². The van der Waals surface area contributed by atoms with E-state index in [1.807, 2.05) is 0 Å². The molecule has 0 spiro atoms. The number of allylic oxidation sites excluding steroid dienone is 2. The Labute approximate surface area is 304 Å². The number of nitro benzene ring substituents is 2. The van der Waals surface area contributed by atoms with Crippen molar-refractivity contribution >= 4 is 68.0 Å². The zero-order valence-corrected chi connectivity index (χ0v) is 29.9. The number of rotatable bonds is 7. The predicted molar refractivity (Wildman–Crippen MR) is 190 cm³/mol. The topological polar surface area (TPSA) is 194 Å². The highest BCUT2D eigenvalue weighted by molar-refractivity contribution is 9.10. The molecule has 0 unspecified atom stereocenters. The normalized spacial score (nSPS) is 26.5. The molecule has 268 valence electrons. The number of ether oxygens (including phenoxy) is 1. The summed E-state index contributed by atoms with van der Waals surface area (Å²) in [6.07, 6.45) is 1.82. The van der Waals surface area contributed by atoms with Crippen molar-refractivity contribution in [3.8, 4) is 11.5 Å². The maximum absolute atomic E-state index is 14.6. The smallest absolute Gasteiger partial charge is 0.301 e. The first-order valence-electron chi connectivity index (χ1n) is 16.3. The molecule has 0 bridgehead atoms. The number of anilines is 3. The molecule has 3 aromatic rings. The van der Waals surface area contributed by atoms with E-state index in [9.17, 15) is 44.5 Å². The number of carbonyl (C=O) groups is 4. The predicted octanol–water partition coefficient (Wildman–Crippen LogP) is 5.48. The Morgan fingerprint density at radius 1 is 0.904 bits per heavy atom. The number of fused-ring (bicyclic) bond motifs is 4. The van der Waals surface area contributed by atoms with Gasteiger partial charge in [-0.1, -0.05) is 45.8 Å². The molecule has 6 atom stereocenters. The van der Waals surface area contributed by atoms with Crippen molar-refractivity contribution in [1.29, 1.82) is 0 Å². The quantitative estimate of drug-likeness (QED) is 0.138. The summed E-state index contributed by atoms with van der Waals surface area (Å²) in [6.45, 7) is 1.68. The van der Waals surface area contributed by atoms with Gasteiger partial charge in [0.05, 0.1) is 51.5 Å². The molecule has 0 aromatic heterocycles. The van der Waals surface area contributed by atoms with Crippen LogP contribution in [0.25, 0.3) is 0 Å². The molecule has 3 fully saturated rings. The third kappa shape index (κ3) is 4.83. The number of aromatic hydroxyl groups is 1. The zero-order chi connectivity index (χ0) is 37.5. The van der Waals surface area contributed by atoms with Gasteiger partial charge in [-0.3, -0.25) is 39.4 Å². The molecule has 1 N–H and O–H groups in total. The molecule has 1 saturated carbocycles. The number of nitro groups is 2. The minimum Gasteiger partial charge on any atom is -0.504 e. The molecule has 7 rings (SSSR count). The molecule has 16 heteroatoms. The largest absolute Gasteiger partial charge is 0.504 e. The van der Waals surface area contributed by atoms with Crippen LogP contribution in [-0.4, -0.2) is 59.8 Å². The van der Waals surface area contributed by atoms with Crippen molar-refractivity contribution in [1.82, 2.24) is 0 Å². The van der Waals surface area contributed by atoms with Crippen molar-refractivity contribution < 1.29 is 38.9 Å². The van der Waals surface area contributed by atoms with Crippen LogP contribution in [0.2, 0.25) is 0 Å². The lowest BCUT2D eigenvalue weighted by atomic mass is 9.51. The summed E-state index contributed by atoms with van der Waals surface area (Å²) in [5.74, 6) is -7.32. The number of carbonyl (C=O) groups excluding carboxylic acids is 4. The molecule has 3 aromatic carbocycles. The van der Waals surface area contributed by atoms with Gasteiger partial charge in [0, 0.05) is 42.2 Å². The molecule has 2 heterocycles. The van der Waals surface area contributed by atoms with Crippen molar-refractivity contribution in [3.63, 3.8) is 0 Å². The summed E-state index contributed by atoms with van der Waals surface area (Å²) in [6, 6.07) is 13.6. The lowest BCUT2D eigenvalue weighted by Crippen LogP contribution is -2.49. The van der Waals surface area contributed by atoms with Gasteiger partial charge in [-0.15, -0.1) is 0 Å². The molecule has 4 amide bonds. The fraction of sp³-hybridized carbons (Fsp3) is 0.333. The fourth-order valence-electron chi connectivity index (χ4n) is 8.86. The molecule has 15 nitrogen and oxygen atoms in total. The number of nitrogens with zero attached hydrogens (tertiary/aromatic N) is 5. The highest BCUT2D eigenvalue weighted by Crippen LogP contribution is 2.65. The van der Waals surface area contributed by atoms with Crippen LogP contribution >= 0.6 is 15.9 Å². The molecule has 0 radical (unpaired) electrons. The van der Waals surface area contributed by atoms with E-state index in [-0.39, 0.29) is 41.3 Å². The number of benzene rings is 3. The number of hydrogen-bond acceptors (Lipinski definition) is 11. The van der Waals surface area contributed by atoms with E-state index in [0.29, 0.717) is 15.7 Å². The third-order valence-electron chi connectivity index (χ3n) is 11.0. The summed E-state index contributed by atoms with van der Waals surface area (Å²) < 4.78 is 5.97. The monoisotopic (exact) mass is 773 g/mol. The second-order valence-corrected chi connectivity index (χ2v) is 14.7. The van der Waals surface area contributed by atoms with E-state index in [2.05, 4.69) is 15.9 Å². The number of imide groups is 2. The van der Waals surface area contributed by atoms with Crippen LogP contribution in [-0.2, 0) is 19.2 Å². The Morgan fingerprint density at radius 3 is 2.12 bits per heavy atom. The number of amides is 4. The first kappa shape index (κ1) is 34.8. The Bertz CT molecular complexity index is 2120. The Balaban J connectivity index is 1.39. The summed E-state index contributed by atoms with van der Waals surface area (Å²) >= 11 is 3.47. The highest BCUT2D eigenvalue weighted by atomic mass is 79.9. The highest BCUT2D eigenvalue weighted by Gasteiger charge is 2.68. The van der Waals surface area contributed by atoms with E-state index >= 15 is 0 Å². The molecule has 4 aliphatic rings. The molecule has 2 aliphatic heterocycles. The zero-order valence-electron chi connectivity index (χ0n) is 28.3. The maximum atomic E-state index is 14.6. The molecular formula is C36H32BrN5O10. The van der Waals surface area contributed by atoms with Gasteiger partial charge in [0.1, 0.15) is 0 Å². The van der Waals surface area contributed by atoms with Gasteiger partial charge < -0.3 is 14.7 Å². The van der Waals surface area contributed by atoms with Gasteiger partial charge in [0.15, 0.2) is 17.2 Å². The minimum absolute atomic E-state index is 0.00648. The van der Waals surface area contributed by atoms with Crippen LogP contribution in [0.3, 0.4) is 0 Å². The minimum atomic E-state index is -1.44. The number of phenols is 1. The maximum Gasteiger partial charge on any atom is 0.301 e. The molecule has 2 aliphatic carbocycles. The summed E-state index contributed by atoms with van der Waals surface area (Å²) in [5, 5.41) is 35.8. The molecule has 2 saturated heterocycles. The number of hydrogen-bond donors (Lipinski definition) is 1. The van der Waals surface area contributed by atoms with Crippen LogP contribution in [0.5, 0.6) is 11.5 Å². The van der Waals surface area contributed by atoms with E-state index in [0.717, 1.165) is 21.9 Å². The van der Waals surface area contributed by atoms with Gasteiger partial charge in [0.25, 0.3) is 0 Å². The Kier molecular flexibility index (Phi) is 8.20. The van der Waals surface area contributed by atoms with Crippen molar-refractivity contribution in [2.45, 2.75) is 25.7 Å². The second-order valence-electron chi connectivity index (χ2n) is 13.8. The second kappa shape index (κ2) is 12.3. The molecular weight excluding hydrogens is 742 g/mol. The lowest BCUT2D eigenvalue weighted by molar-refractivity contribution is -0.392. The lowest BCUT2D eigenvalue weighted by Gasteiger charge is -2.49. The van der Waals surface area contributed by atoms with Crippen LogP contribution in [0, 0.1) is 49.3 Å². The number of methoxy groups -OCH3 is 1. The van der Waals surface area contributed by atoms with E-state index < -0.39 is 79.9 Å². The number of para-hydroxylation sites is 1. The summed E-state index contributed by atoms with van der Waals surface area (Å²) in [7, 11) is 4.19. The van der Waals surface area contributed by atoms with Gasteiger partial charge in [-0.25, -0.2) is 9.80 Å². The third-order valence-corrected chi connectivity index (χ3v) is 11.5. The van der Waals surface area contributed by atoms with Crippen LogP contribution in [0.1, 0.15) is 31.2 Å². The van der Waals surface area contributed by atoms with Gasteiger partial charge >= 0.3 is 11.4 Å². The standard InChI is InChI=1S/C36H32BrN5O10/c1-36-24(33(45)40(35(36)47)18-8-6-5-7-9-18)16-22-20(29(36)23-12-17(37)13-27(52-4)31(23)43)10-11-21-28(22)34(46)39(32(21)44)19-14-25(41(48)49)30(38(2)3)26(15-19)42(50)51/h5-10,12-15,21-22,24,28-29,43H,11,16H2,1-4H3/t21-,22+,24-,28-,29+,36+/m0/s1. The van der Waals surface area contributed by atoms with Crippen LogP contribution < -0.4 is 19.4 Å².